The fourth-order valence-electron chi connectivity index (χ4n) is 0.818. The lowest BCUT2D eigenvalue weighted by Gasteiger charge is -1.99. The van der Waals surface area contributed by atoms with Gasteiger partial charge in [0.15, 0.2) is 0 Å². The van der Waals surface area contributed by atoms with Gasteiger partial charge in [0.2, 0.25) is 0 Å². The molecule has 0 unspecified atom stereocenters. The van der Waals surface area contributed by atoms with Crippen LogP contribution in [0.3, 0.4) is 0 Å². The normalized spacial score (nSPS) is 8.75. The van der Waals surface area contributed by atoms with Crippen LogP contribution in [0, 0.1) is 0 Å². The summed E-state index contributed by atoms with van der Waals surface area (Å²) >= 11 is 0. The Morgan fingerprint density at radius 1 is 1.25 bits per heavy atom. The molecule has 4 nitrogen and oxygen atoms in total. The first kappa shape index (κ1) is 14.1. The minimum atomic E-state index is -0.941. The molecule has 74 valence electrons. The fourth-order valence-corrected chi connectivity index (χ4v) is 0.818. The van der Waals surface area contributed by atoms with Crippen LogP contribution in [0.4, 0.5) is 4.79 Å². The summed E-state index contributed by atoms with van der Waals surface area (Å²) in [6.07, 6.45) is 3.15. The molecule has 0 aliphatic rings. The number of rotatable bonds is 6. The molecular formula is C7H17ClN2O2. The minimum Gasteiger partial charge on any atom is -0.465 e. The number of hydrogen-bond acceptors (Lipinski definition) is 2. The van der Waals surface area contributed by atoms with Crippen LogP contribution in [-0.2, 0) is 0 Å². The summed E-state index contributed by atoms with van der Waals surface area (Å²) in [5.74, 6) is 0. The van der Waals surface area contributed by atoms with Gasteiger partial charge in [0.1, 0.15) is 0 Å². The van der Waals surface area contributed by atoms with E-state index >= 15 is 0 Å². The maximum atomic E-state index is 9.96. The Morgan fingerprint density at radius 3 is 2.33 bits per heavy atom. The molecule has 0 heterocycles. The predicted octanol–water partition coefficient (Wildman–Crippen LogP) is 1.19. The van der Waals surface area contributed by atoms with Gasteiger partial charge in [-0.25, -0.2) is 4.79 Å². The molecule has 0 saturated carbocycles. The van der Waals surface area contributed by atoms with Gasteiger partial charge in [0.05, 0.1) is 0 Å². The van der Waals surface area contributed by atoms with E-state index in [1.165, 1.54) is 0 Å². The van der Waals surface area contributed by atoms with Crippen LogP contribution in [0.2, 0.25) is 0 Å². The van der Waals surface area contributed by atoms with Gasteiger partial charge < -0.3 is 16.2 Å². The highest BCUT2D eigenvalue weighted by Gasteiger charge is 1.92. The van der Waals surface area contributed by atoms with E-state index in [4.69, 9.17) is 10.8 Å². The number of nitrogens with two attached hydrogens (primary N) is 1. The van der Waals surface area contributed by atoms with E-state index in [2.05, 4.69) is 5.32 Å². The Labute approximate surface area is 78.9 Å². The van der Waals surface area contributed by atoms with Gasteiger partial charge in [-0.1, -0.05) is 12.8 Å². The Hall–Kier alpha value is -0.480. The van der Waals surface area contributed by atoms with E-state index in [9.17, 15) is 4.79 Å². The van der Waals surface area contributed by atoms with Gasteiger partial charge in [0.25, 0.3) is 0 Å². The third kappa shape index (κ3) is 12.2. The molecule has 5 heteroatoms. The van der Waals surface area contributed by atoms with E-state index < -0.39 is 6.09 Å². The fraction of sp³-hybridized carbons (Fsp3) is 0.857. The Balaban J connectivity index is 0. The van der Waals surface area contributed by atoms with Crippen molar-refractivity contribution < 1.29 is 9.90 Å². The summed E-state index contributed by atoms with van der Waals surface area (Å²) in [6.45, 7) is 1.28. The molecule has 0 aromatic carbocycles. The molecule has 0 aromatic rings. The van der Waals surface area contributed by atoms with Crippen molar-refractivity contribution in [1.82, 2.24) is 5.32 Å². The zero-order valence-electron chi connectivity index (χ0n) is 7.08. The van der Waals surface area contributed by atoms with E-state index in [0.717, 1.165) is 32.2 Å². The lowest BCUT2D eigenvalue weighted by molar-refractivity contribution is 0.194. The van der Waals surface area contributed by atoms with E-state index in [-0.39, 0.29) is 12.4 Å². The number of nitrogens with one attached hydrogen (secondary N) is 1. The molecule has 0 fully saturated rings. The molecule has 12 heavy (non-hydrogen) atoms. The Bertz CT molecular complexity index is 112. The van der Waals surface area contributed by atoms with E-state index in [1.807, 2.05) is 0 Å². The summed E-state index contributed by atoms with van der Waals surface area (Å²) in [6, 6.07) is 0. The van der Waals surface area contributed by atoms with Crippen LogP contribution in [0.25, 0.3) is 0 Å². The van der Waals surface area contributed by atoms with Crippen LogP contribution < -0.4 is 11.1 Å². The van der Waals surface area contributed by atoms with E-state index in [1.54, 1.807) is 0 Å². The predicted molar refractivity (Wildman–Crippen MR) is 50.8 cm³/mol. The highest BCUT2D eigenvalue weighted by atomic mass is 35.5. The molecule has 0 radical (unpaired) electrons. The molecule has 0 saturated heterocycles. The van der Waals surface area contributed by atoms with Crippen LogP contribution in [0.1, 0.15) is 25.7 Å². The van der Waals surface area contributed by atoms with Crippen molar-refractivity contribution in [2.45, 2.75) is 25.7 Å². The zero-order chi connectivity index (χ0) is 8.53. The van der Waals surface area contributed by atoms with Crippen molar-refractivity contribution in [3.63, 3.8) is 0 Å². The van der Waals surface area contributed by atoms with Gasteiger partial charge in [-0.3, -0.25) is 0 Å². The molecule has 0 aliphatic carbocycles. The van der Waals surface area contributed by atoms with Crippen molar-refractivity contribution in [3.8, 4) is 0 Å². The SMILES string of the molecule is Cl.NCCCCCCNC(=O)O. The first-order valence-corrected chi connectivity index (χ1v) is 3.94. The van der Waals surface area contributed by atoms with Crippen LogP contribution in [0.15, 0.2) is 0 Å². The summed E-state index contributed by atoms with van der Waals surface area (Å²) in [4.78, 5) is 9.96. The number of amides is 1. The monoisotopic (exact) mass is 196 g/mol. The smallest absolute Gasteiger partial charge is 0.404 e. The van der Waals surface area contributed by atoms with E-state index in [0.29, 0.717) is 6.54 Å². The molecule has 1 amide bonds. The van der Waals surface area contributed by atoms with Crippen molar-refractivity contribution in [2.75, 3.05) is 13.1 Å². The third-order valence-electron chi connectivity index (χ3n) is 1.41. The summed E-state index contributed by atoms with van der Waals surface area (Å²) in [5.41, 5.74) is 5.28. The average Bonchev–Trinajstić information content (AvgIpc) is 1.96. The largest absolute Gasteiger partial charge is 0.465 e. The maximum Gasteiger partial charge on any atom is 0.404 e. The topological polar surface area (TPSA) is 75.3 Å². The molecule has 0 aliphatic heterocycles. The van der Waals surface area contributed by atoms with Crippen molar-refractivity contribution in [3.05, 3.63) is 0 Å². The highest BCUT2D eigenvalue weighted by Crippen LogP contribution is 1.96. The standard InChI is InChI=1S/C7H16N2O2.ClH/c8-5-3-1-2-4-6-9-7(10)11;/h9H,1-6,8H2,(H,10,11);1H. The third-order valence-corrected chi connectivity index (χ3v) is 1.41. The summed E-state index contributed by atoms with van der Waals surface area (Å²) in [7, 11) is 0. The molecule has 0 rings (SSSR count). The van der Waals surface area contributed by atoms with Crippen LogP contribution in [0.5, 0.6) is 0 Å². The van der Waals surface area contributed by atoms with Crippen molar-refractivity contribution in [2.24, 2.45) is 5.73 Å². The minimum absolute atomic E-state index is 0. The summed E-state index contributed by atoms with van der Waals surface area (Å²) in [5, 5.41) is 10.5. The second-order valence-corrected chi connectivity index (χ2v) is 2.43. The first-order valence-electron chi connectivity index (χ1n) is 3.94. The second kappa shape index (κ2) is 10.5. The number of carbonyl (C=O) groups is 1. The second-order valence-electron chi connectivity index (χ2n) is 2.43. The highest BCUT2D eigenvalue weighted by molar-refractivity contribution is 5.85. The maximum absolute atomic E-state index is 9.96. The van der Waals surface area contributed by atoms with Gasteiger partial charge >= 0.3 is 6.09 Å². The quantitative estimate of drug-likeness (QED) is 0.559. The lowest BCUT2D eigenvalue weighted by Crippen LogP contribution is -2.21. The van der Waals surface area contributed by atoms with Gasteiger partial charge in [-0.05, 0) is 19.4 Å². The average molecular weight is 197 g/mol. The Morgan fingerprint density at radius 2 is 1.83 bits per heavy atom. The lowest BCUT2D eigenvalue weighted by atomic mass is 10.2. The van der Waals surface area contributed by atoms with Gasteiger partial charge in [-0.2, -0.15) is 0 Å². The number of unbranched alkanes of at least 4 members (excludes halogenated alkanes) is 3. The van der Waals surface area contributed by atoms with Crippen LogP contribution in [-0.4, -0.2) is 24.3 Å². The van der Waals surface area contributed by atoms with Crippen LogP contribution >= 0.6 is 12.4 Å². The zero-order valence-corrected chi connectivity index (χ0v) is 7.90. The van der Waals surface area contributed by atoms with Crippen molar-refractivity contribution >= 4 is 18.5 Å². The number of hydrogen-bond donors (Lipinski definition) is 3. The molecule has 0 aromatic heterocycles. The molecule has 0 bridgehead atoms. The molecular weight excluding hydrogens is 180 g/mol. The Kier molecular flexibility index (Phi) is 12.3. The number of carboxylic acid groups (broad SMARTS) is 1. The van der Waals surface area contributed by atoms with Crippen molar-refractivity contribution in [1.29, 1.82) is 0 Å². The van der Waals surface area contributed by atoms with Gasteiger partial charge in [0, 0.05) is 6.54 Å². The number of halogens is 1. The molecule has 4 N–H and O–H groups in total. The van der Waals surface area contributed by atoms with Gasteiger partial charge in [-0.15, -0.1) is 12.4 Å². The molecule has 0 atom stereocenters. The molecule has 0 spiro atoms. The first-order chi connectivity index (χ1) is 5.27. The summed E-state index contributed by atoms with van der Waals surface area (Å²) < 4.78 is 0.